The lowest BCUT2D eigenvalue weighted by Crippen LogP contribution is -2.33. The Hall–Kier alpha value is -3.20. The maximum absolute atomic E-state index is 13.1. The Balaban J connectivity index is 1.62. The number of carbonyl (C=O) groups excluding carboxylic acids is 1. The van der Waals surface area contributed by atoms with Crippen LogP contribution >= 0.6 is 23.8 Å². The monoisotopic (exact) mass is 499 g/mol. The van der Waals surface area contributed by atoms with E-state index in [4.69, 9.17) is 23.8 Å². The number of nitrogens with zero attached hydrogens (tertiary/aromatic N) is 1. The fraction of sp³-hybridized carbons (Fsp3) is 0.0833. The van der Waals surface area contributed by atoms with Gasteiger partial charge in [0.25, 0.3) is 10.0 Å². The number of sulfonamides is 1. The molecule has 6 nitrogen and oxygen atoms in total. The molecular formula is C24H22ClN3O3S2. The number of benzene rings is 3. The molecule has 3 aromatic carbocycles. The number of thiocarbonyl (C=S) groups is 1. The maximum atomic E-state index is 13.1. The van der Waals surface area contributed by atoms with E-state index in [2.05, 4.69) is 10.6 Å². The van der Waals surface area contributed by atoms with E-state index in [1.807, 2.05) is 6.07 Å². The first-order chi connectivity index (χ1) is 15.8. The molecule has 0 aliphatic carbocycles. The van der Waals surface area contributed by atoms with Crippen molar-refractivity contribution in [3.8, 4) is 0 Å². The van der Waals surface area contributed by atoms with Gasteiger partial charge in [-0.05, 0) is 79.3 Å². The van der Waals surface area contributed by atoms with Gasteiger partial charge in [0.05, 0.1) is 10.6 Å². The summed E-state index contributed by atoms with van der Waals surface area (Å²) in [6, 6.07) is 22.1. The first kappa shape index (κ1) is 24.4. The second-order valence-corrected chi connectivity index (χ2v) is 9.56. The fourth-order valence-electron chi connectivity index (χ4n) is 2.98. The number of hydrogen-bond acceptors (Lipinski definition) is 4. The minimum atomic E-state index is -3.72. The molecule has 0 aliphatic rings. The van der Waals surface area contributed by atoms with Crippen LogP contribution in [0.1, 0.15) is 12.5 Å². The summed E-state index contributed by atoms with van der Waals surface area (Å²) in [4.78, 5) is 12.2. The van der Waals surface area contributed by atoms with Gasteiger partial charge in [-0.2, -0.15) is 0 Å². The van der Waals surface area contributed by atoms with E-state index < -0.39 is 15.9 Å². The van der Waals surface area contributed by atoms with Crippen LogP contribution in [0.3, 0.4) is 0 Å². The molecule has 0 saturated carbocycles. The Labute approximate surface area is 203 Å². The van der Waals surface area contributed by atoms with Crippen LogP contribution in [0.25, 0.3) is 6.08 Å². The number of nitrogens with one attached hydrogen (secondary N) is 2. The topological polar surface area (TPSA) is 78.5 Å². The molecule has 0 fully saturated rings. The normalized spacial score (nSPS) is 11.2. The van der Waals surface area contributed by atoms with Crippen molar-refractivity contribution >= 4 is 62.3 Å². The van der Waals surface area contributed by atoms with E-state index >= 15 is 0 Å². The van der Waals surface area contributed by atoms with E-state index in [-0.39, 0.29) is 10.0 Å². The summed E-state index contributed by atoms with van der Waals surface area (Å²) >= 11 is 11.0. The summed E-state index contributed by atoms with van der Waals surface area (Å²) in [5.74, 6) is -0.400. The molecule has 1 amide bonds. The lowest BCUT2D eigenvalue weighted by molar-refractivity contribution is -0.115. The molecule has 3 rings (SSSR count). The van der Waals surface area contributed by atoms with Gasteiger partial charge in [-0.3, -0.25) is 14.4 Å². The van der Waals surface area contributed by atoms with Crippen molar-refractivity contribution in [2.24, 2.45) is 0 Å². The summed E-state index contributed by atoms with van der Waals surface area (Å²) < 4.78 is 27.5. The quantitative estimate of drug-likeness (QED) is 0.350. The summed E-state index contributed by atoms with van der Waals surface area (Å²) in [6.07, 6.45) is 3.00. The molecule has 0 bridgehead atoms. The van der Waals surface area contributed by atoms with Crippen molar-refractivity contribution in [2.75, 3.05) is 16.2 Å². The summed E-state index contributed by atoms with van der Waals surface area (Å²) in [7, 11) is -3.72. The van der Waals surface area contributed by atoms with Crippen molar-refractivity contribution < 1.29 is 13.2 Å². The zero-order chi connectivity index (χ0) is 23.8. The van der Waals surface area contributed by atoms with Crippen molar-refractivity contribution in [1.82, 2.24) is 5.32 Å². The third kappa shape index (κ3) is 6.64. The molecule has 0 heterocycles. The highest BCUT2D eigenvalue weighted by Crippen LogP contribution is 2.24. The number of halogens is 1. The van der Waals surface area contributed by atoms with Crippen LogP contribution in [0, 0.1) is 0 Å². The lowest BCUT2D eigenvalue weighted by Gasteiger charge is -2.23. The molecule has 0 unspecified atom stereocenters. The number of carbonyl (C=O) groups is 1. The Morgan fingerprint density at radius 3 is 2.24 bits per heavy atom. The van der Waals surface area contributed by atoms with Crippen molar-refractivity contribution in [3.63, 3.8) is 0 Å². The Bertz CT molecular complexity index is 1240. The van der Waals surface area contributed by atoms with E-state index in [1.54, 1.807) is 73.7 Å². The molecule has 0 radical (unpaired) electrons. The summed E-state index contributed by atoms with van der Waals surface area (Å²) in [5, 5.41) is 6.13. The zero-order valence-electron chi connectivity index (χ0n) is 17.7. The van der Waals surface area contributed by atoms with Crippen LogP contribution < -0.4 is 14.9 Å². The molecule has 33 heavy (non-hydrogen) atoms. The van der Waals surface area contributed by atoms with Crippen LogP contribution in [0.15, 0.2) is 89.8 Å². The van der Waals surface area contributed by atoms with Crippen molar-refractivity contribution in [3.05, 3.63) is 95.5 Å². The molecule has 2 N–H and O–H groups in total. The molecule has 9 heteroatoms. The van der Waals surface area contributed by atoms with Gasteiger partial charge in [-0.1, -0.05) is 41.9 Å². The Morgan fingerprint density at radius 1 is 1.00 bits per heavy atom. The second-order valence-electron chi connectivity index (χ2n) is 6.86. The third-order valence-corrected chi connectivity index (χ3v) is 6.94. The first-order valence-corrected chi connectivity index (χ1v) is 12.3. The highest BCUT2D eigenvalue weighted by atomic mass is 35.5. The van der Waals surface area contributed by atoms with Gasteiger partial charge >= 0.3 is 0 Å². The van der Waals surface area contributed by atoms with Crippen LogP contribution in [-0.4, -0.2) is 26.0 Å². The molecule has 0 aromatic heterocycles. The number of anilines is 2. The largest absolute Gasteiger partial charge is 0.332 e. The van der Waals surface area contributed by atoms with Gasteiger partial charge in [0.1, 0.15) is 0 Å². The highest BCUT2D eigenvalue weighted by Gasteiger charge is 2.23. The van der Waals surface area contributed by atoms with E-state index in [9.17, 15) is 13.2 Å². The van der Waals surface area contributed by atoms with Gasteiger partial charge in [0.15, 0.2) is 5.11 Å². The van der Waals surface area contributed by atoms with Crippen LogP contribution in [-0.2, 0) is 14.8 Å². The summed E-state index contributed by atoms with van der Waals surface area (Å²) in [6.45, 7) is 2.08. The number of para-hydroxylation sites is 1. The number of hydrogen-bond donors (Lipinski definition) is 2. The molecule has 170 valence electrons. The average Bonchev–Trinajstić information content (AvgIpc) is 2.80. The molecule has 0 aliphatic heterocycles. The van der Waals surface area contributed by atoms with E-state index in [0.29, 0.717) is 22.9 Å². The Morgan fingerprint density at radius 2 is 1.64 bits per heavy atom. The van der Waals surface area contributed by atoms with Crippen molar-refractivity contribution in [2.45, 2.75) is 11.8 Å². The highest BCUT2D eigenvalue weighted by molar-refractivity contribution is 7.92. The molecule has 0 atom stereocenters. The minimum Gasteiger partial charge on any atom is -0.332 e. The van der Waals surface area contributed by atoms with Crippen molar-refractivity contribution in [1.29, 1.82) is 0 Å². The molecule has 3 aromatic rings. The Kier molecular flexibility index (Phi) is 8.21. The number of amides is 1. The second kappa shape index (κ2) is 11.1. The van der Waals surface area contributed by atoms with Gasteiger partial charge in [0.2, 0.25) is 5.91 Å². The first-order valence-electron chi connectivity index (χ1n) is 10.0. The van der Waals surface area contributed by atoms with Gasteiger partial charge < -0.3 is 5.32 Å². The third-order valence-electron chi connectivity index (χ3n) is 4.57. The predicted molar refractivity (Wildman–Crippen MR) is 138 cm³/mol. The lowest BCUT2D eigenvalue weighted by atomic mass is 10.2. The predicted octanol–water partition coefficient (Wildman–Crippen LogP) is 5.08. The van der Waals surface area contributed by atoms with Crippen LogP contribution in [0.4, 0.5) is 11.4 Å². The fourth-order valence-corrected chi connectivity index (χ4v) is 4.80. The van der Waals surface area contributed by atoms with Crippen LogP contribution in [0.5, 0.6) is 0 Å². The van der Waals surface area contributed by atoms with E-state index in [0.717, 1.165) is 5.56 Å². The molecular weight excluding hydrogens is 478 g/mol. The van der Waals surface area contributed by atoms with Gasteiger partial charge in [0, 0.05) is 23.3 Å². The zero-order valence-corrected chi connectivity index (χ0v) is 20.1. The SMILES string of the molecule is CCN(c1ccccc1)S(=O)(=O)c1ccc(NC(=S)NC(=O)/C=C/c2ccc(Cl)cc2)cc1. The standard InChI is InChI=1S/C24H22ClN3O3S2/c1-2-28(21-6-4-3-5-7-21)33(30,31)22-15-13-20(14-16-22)26-24(32)27-23(29)17-10-18-8-11-19(25)12-9-18/h3-17H,2H2,1H3,(H2,26,27,29,32)/b17-10+. The van der Waals surface area contributed by atoms with Crippen LogP contribution in [0.2, 0.25) is 5.02 Å². The van der Waals surface area contributed by atoms with E-state index in [1.165, 1.54) is 22.5 Å². The average molecular weight is 500 g/mol. The maximum Gasteiger partial charge on any atom is 0.264 e. The van der Waals surface area contributed by atoms with Gasteiger partial charge in [-0.25, -0.2) is 8.42 Å². The minimum absolute atomic E-state index is 0.0934. The van der Waals surface area contributed by atoms with Gasteiger partial charge in [-0.15, -0.1) is 0 Å². The number of rotatable bonds is 7. The smallest absolute Gasteiger partial charge is 0.264 e. The molecule has 0 spiro atoms. The molecule has 0 saturated heterocycles. The summed E-state index contributed by atoms with van der Waals surface area (Å²) in [5.41, 5.74) is 1.96.